The zero-order valence-corrected chi connectivity index (χ0v) is 18.4. The van der Waals surface area contributed by atoms with E-state index in [-0.39, 0.29) is 12.1 Å². The highest BCUT2D eigenvalue weighted by atomic mass is 19.4. The van der Waals surface area contributed by atoms with Crippen LogP contribution in [0.5, 0.6) is 5.75 Å². The van der Waals surface area contributed by atoms with E-state index in [1.807, 2.05) is 12.1 Å². The molecule has 2 aromatic carbocycles. The molecule has 0 bridgehead atoms. The number of halogens is 3. The van der Waals surface area contributed by atoms with Gasteiger partial charge in [-0.25, -0.2) is 5.01 Å². The first-order valence-corrected chi connectivity index (χ1v) is 10.9. The molecule has 0 aliphatic carbocycles. The largest absolute Gasteiger partial charge is 0.493 e. The first kappa shape index (κ1) is 23.4. The molecule has 1 amide bonds. The summed E-state index contributed by atoms with van der Waals surface area (Å²) in [5, 5.41) is 2.47. The highest BCUT2D eigenvalue weighted by Gasteiger charge is 2.51. The maximum Gasteiger partial charge on any atom is 0.409 e. The van der Waals surface area contributed by atoms with Gasteiger partial charge in [-0.05, 0) is 43.4 Å². The van der Waals surface area contributed by atoms with Crippen molar-refractivity contribution in [3.63, 3.8) is 0 Å². The molecule has 7 heteroatoms. The van der Waals surface area contributed by atoms with Gasteiger partial charge in [-0.2, -0.15) is 13.2 Å². The Kier molecular flexibility index (Phi) is 7.14. The molecule has 0 radical (unpaired) electrons. The van der Waals surface area contributed by atoms with Gasteiger partial charge in [0.2, 0.25) is 5.91 Å². The van der Waals surface area contributed by atoms with Crippen LogP contribution in [0.15, 0.2) is 36.4 Å². The summed E-state index contributed by atoms with van der Waals surface area (Å²) in [6.45, 7) is 5.95. The summed E-state index contributed by atoms with van der Waals surface area (Å²) < 4.78 is 48.1. The summed E-state index contributed by atoms with van der Waals surface area (Å²) >= 11 is 0. The molecular formula is C24H31F3N2O2. The maximum atomic E-state index is 14.1. The molecule has 1 unspecified atom stereocenters. The first-order chi connectivity index (χ1) is 14.6. The predicted molar refractivity (Wildman–Crippen MR) is 116 cm³/mol. The number of hydrogen-bond acceptors (Lipinski definition) is 3. The summed E-state index contributed by atoms with van der Waals surface area (Å²) in [7, 11) is 0. The van der Waals surface area contributed by atoms with E-state index in [2.05, 4.69) is 12.3 Å². The van der Waals surface area contributed by atoms with E-state index in [1.54, 1.807) is 26.0 Å². The van der Waals surface area contributed by atoms with Crippen molar-refractivity contribution in [2.24, 2.45) is 5.41 Å². The van der Waals surface area contributed by atoms with Crippen LogP contribution in [0.1, 0.15) is 64.5 Å². The Balaban J connectivity index is 1.86. The smallest absolute Gasteiger partial charge is 0.409 e. The lowest BCUT2D eigenvalue weighted by Gasteiger charge is -2.30. The second-order valence-corrected chi connectivity index (χ2v) is 8.90. The van der Waals surface area contributed by atoms with Gasteiger partial charge in [0.25, 0.3) is 0 Å². The second-order valence-electron chi connectivity index (χ2n) is 8.90. The zero-order valence-electron chi connectivity index (χ0n) is 18.4. The van der Waals surface area contributed by atoms with Crippen molar-refractivity contribution in [2.75, 3.05) is 13.2 Å². The fourth-order valence-electron chi connectivity index (χ4n) is 3.97. The Hall–Kier alpha value is -2.28. The second kappa shape index (κ2) is 9.47. The fourth-order valence-corrected chi connectivity index (χ4v) is 3.97. The van der Waals surface area contributed by atoms with Crippen molar-refractivity contribution in [1.82, 2.24) is 10.4 Å². The number of hydrogen-bond donors (Lipinski definition) is 1. The monoisotopic (exact) mass is 436 g/mol. The number of alkyl halides is 3. The number of unbranched alkanes of at least 4 members (excludes halogenated alkanes) is 4. The van der Waals surface area contributed by atoms with E-state index >= 15 is 0 Å². The van der Waals surface area contributed by atoms with E-state index in [0.29, 0.717) is 17.7 Å². The highest BCUT2D eigenvalue weighted by molar-refractivity contribution is 5.89. The van der Waals surface area contributed by atoms with Crippen molar-refractivity contribution in [3.8, 4) is 5.75 Å². The molecule has 0 aromatic heterocycles. The summed E-state index contributed by atoms with van der Waals surface area (Å²) in [5.74, 6) is 0.177. The third kappa shape index (κ3) is 5.50. The molecule has 3 rings (SSSR count). The predicted octanol–water partition coefficient (Wildman–Crippen LogP) is 6.17. The molecule has 0 saturated carbocycles. The van der Waals surface area contributed by atoms with E-state index in [9.17, 15) is 18.0 Å². The van der Waals surface area contributed by atoms with Crippen molar-refractivity contribution in [2.45, 2.75) is 65.1 Å². The van der Waals surface area contributed by atoms with Crippen LogP contribution in [0.4, 0.5) is 13.2 Å². The molecule has 4 nitrogen and oxygen atoms in total. The summed E-state index contributed by atoms with van der Waals surface area (Å²) in [6, 6.07) is 8.27. The van der Waals surface area contributed by atoms with Gasteiger partial charge >= 0.3 is 6.18 Å². The number of rotatable bonds is 9. The molecule has 170 valence electrons. The van der Waals surface area contributed by atoms with Crippen molar-refractivity contribution < 1.29 is 22.7 Å². The van der Waals surface area contributed by atoms with Crippen LogP contribution in [0.25, 0.3) is 10.8 Å². The third-order valence-corrected chi connectivity index (χ3v) is 5.73. The molecule has 1 N–H and O–H groups in total. The zero-order chi connectivity index (χ0) is 22.6. The third-order valence-electron chi connectivity index (χ3n) is 5.73. The van der Waals surface area contributed by atoms with Crippen molar-refractivity contribution >= 4 is 16.7 Å². The average Bonchev–Trinajstić information content (AvgIpc) is 2.95. The lowest BCUT2D eigenvalue weighted by Crippen LogP contribution is -2.43. The SMILES string of the molecule is CCCCCCCOc1cccc2ccc(C(N3CC(C)(C)C(=O)N3)C(F)(F)F)cc12. The first-order valence-electron chi connectivity index (χ1n) is 10.9. The van der Waals surface area contributed by atoms with Crippen LogP contribution in [-0.4, -0.2) is 30.2 Å². The average molecular weight is 437 g/mol. The Morgan fingerprint density at radius 3 is 2.52 bits per heavy atom. The van der Waals surface area contributed by atoms with Crippen molar-refractivity contribution in [3.05, 3.63) is 42.0 Å². The topological polar surface area (TPSA) is 41.6 Å². The standard InChI is InChI=1S/C24H31F3N2O2/c1-4-5-6-7-8-14-31-20-11-9-10-17-12-13-18(15-19(17)20)21(24(25,26)27)29-16-23(2,3)22(30)28-29/h9-13,15,21H,4-8,14,16H2,1-3H3,(H,28,30). The van der Waals surface area contributed by atoms with Crippen LogP contribution >= 0.6 is 0 Å². The number of fused-ring (bicyclic) bond motifs is 1. The molecule has 1 saturated heterocycles. The number of amides is 1. The fraction of sp³-hybridized carbons (Fsp3) is 0.542. The molecule has 1 heterocycles. The maximum absolute atomic E-state index is 14.1. The van der Waals surface area contributed by atoms with E-state index in [4.69, 9.17) is 4.74 Å². The van der Waals surface area contributed by atoms with Crippen LogP contribution in [0.3, 0.4) is 0 Å². The Labute approximate surface area is 181 Å². The van der Waals surface area contributed by atoms with Gasteiger partial charge in [0.05, 0.1) is 12.0 Å². The molecule has 31 heavy (non-hydrogen) atoms. The molecular weight excluding hydrogens is 405 g/mol. The number of benzene rings is 2. The number of nitrogens with one attached hydrogen (secondary N) is 1. The van der Waals surface area contributed by atoms with Crippen LogP contribution in [0, 0.1) is 5.41 Å². The van der Waals surface area contributed by atoms with E-state index in [0.717, 1.165) is 29.7 Å². The van der Waals surface area contributed by atoms with E-state index in [1.165, 1.54) is 25.0 Å². The summed E-state index contributed by atoms with van der Waals surface area (Å²) in [4.78, 5) is 12.1. The van der Waals surface area contributed by atoms with Gasteiger partial charge in [0, 0.05) is 11.9 Å². The van der Waals surface area contributed by atoms with Gasteiger partial charge in [0.15, 0.2) is 0 Å². The Morgan fingerprint density at radius 1 is 1.13 bits per heavy atom. The Morgan fingerprint density at radius 2 is 1.87 bits per heavy atom. The Bertz CT molecular complexity index is 911. The molecule has 0 spiro atoms. The lowest BCUT2D eigenvalue weighted by atomic mass is 9.93. The highest BCUT2D eigenvalue weighted by Crippen LogP contribution is 2.42. The number of carbonyl (C=O) groups is 1. The summed E-state index contributed by atoms with van der Waals surface area (Å²) in [6.07, 6.45) is 0.962. The number of carbonyl (C=O) groups excluding carboxylic acids is 1. The van der Waals surface area contributed by atoms with Gasteiger partial charge in [-0.1, -0.05) is 56.9 Å². The van der Waals surface area contributed by atoms with Gasteiger partial charge in [-0.3, -0.25) is 10.2 Å². The molecule has 2 aromatic rings. The normalized spacial score (nSPS) is 17.7. The van der Waals surface area contributed by atoms with Crippen LogP contribution < -0.4 is 10.2 Å². The van der Waals surface area contributed by atoms with Crippen LogP contribution in [-0.2, 0) is 4.79 Å². The van der Waals surface area contributed by atoms with Crippen molar-refractivity contribution in [1.29, 1.82) is 0 Å². The summed E-state index contributed by atoms with van der Waals surface area (Å²) in [5.41, 5.74) is 1.61. The minimum Gasteiger partial charge on any atom is -0.493 e. The molecule has 1 aliphatic heterocycles. The quantitative estimate of drug-likeness (QED) is 0.478. The van der Waals surface area contributed by atoms with Gasteiger partial charge in [0.1, 0.15) is 11.8 Å². The molecule has 1 fully saturated rings. The number of ether oxygens (including phenoxy) is 1. The number of hydrazine groups is 1. The van der Waals surface area contributed by atoms with Gasteiger partial charge in [-0.15, -0.1) is 0 Å². The minimum atomic E-state index is -4.55. The van der Waals surface area contributed by atoms with E-state index < -0.39 is 23.5 Å². The number of nitrogens with zero attached hydrogens (tertiary/aromatic N) is 1. The molecule has 1 atom stereocenters. The minimum absolute atomic E-state index is 0.0239. The van der Waals surface area contributed by atoms with Crippen LogP contribution in [0.2, 0.25) is 0 Å². The van der Waals surface area contributed by atoms with Gasteiger partial charge < -0.3 is 4.74 Å². The lowest BCUT2D eigenvalue weighted by molar-refractivity contribution is -0.191. The molecule has 1 aliphatic rings.